The number of aryl methyl sites for hydroxylation is 2. The van der Waals surface area contributed by atoms with Gasteiger partial charge >= 0.3 is 0 Å². The summed E-state index contributed by atoms with van der Waals surface area (Å²) in [7, 11) is 0. The second-order valence-electron chi connectivity index (χ2n) is 5.57. The highest BCUT2D eigenvalue weighted by atomic mass is 15.3. The molecule has 20 heavy (non-hydrogen) atoms. The predicted octanol–water partition coefficient (Wildman–Crippen LogP) is 3.25. The average Bonchev–Trinajstić information content (AvgIpc) is 3.23. The van der Waals surface area contributed by atoms with Crippen molar-refractivity contribution in [3.63, 3.8) is 0 Å². The van der Waals surface area contributed by atoms with Crippen LogP contribution in [-0.2, 0) is 19.4 Å². The van der Waals surface area contributed by atoms with Gasteiger partial charge in [-0.25, -0.2) is 4.68 Å². The molecule has 1 fully saturated rings. The number of hydrogen-bond donors (Lipinski definition) is 1. The summed E-state index contributed by atoms with van der Waals surface area (Å²) < 4.78 is 2.08. The second-order valence-corrected chi connectivity index (χ2v) is 5.57. The molecule has 0 spiro atoms. The molecule has 3 rings (SSSR count). The highest BCUT2D eigenvalue weighted by Crippen LogP contribution is 2.20. The zero-order valence-corrected chi connectivity index (χ0v) is 12.4. The molecular weight excluding hydrogens is 246 g/mol. The number of benzene rings is 1. The minimum Gasteiger partial charge on any atom is -0.310 e. The second kappa shape index (κ2) is 5.80. The summed E-state index contributed by atoms with van der Waals surface area (Å²) in [5.74, 6) is 0. The number of hydrogen-bond acceptors (Lipinski definition) is 2. The zero-order chi connectivity index (χ0) is 13.9. The van der Waals surface area contributed by atoms with Crippen LogP contribution >= 0.6 is 0 Å². The highest BCUT2D eigenvalue weighted by Gasteiger charge is 2.19. The van der Waals surface area contributed by atoms with E-state index in [1.165, 1.54) is 29.8 Å². The number of rotatable bonds is 6. The molecule has 106 valence electrons. The van der Waals surface area contributed by atoms with Crippen LogP contribution in [0.2, 0.25) is 0 Å². The summed E-state index contributed by atoms with van der Waals surface area (Å²) in [6, 6.07) is 11.7. The van der Waals surface area contributed by atoms with Crippen LogP contribution in [-0.4, -0.2) is 15.8 Å². The van der Waals surface area contributed by atoms with Crippen LogP contribution in [0.4, 0.5) is 0 Å². The highest BCUT2D eigenvalue weighted by molar-refractivity contribution is 5.36. The molecule has 0 radical (unpaired) electrons. The van der Waals surface area contributed by atoms with E-state index in [4.69, 9.17) is 0 Å². The normalized spacial score (nSPS) is 14.7. The Morgan fingerprint density at radius 2 is 1.90 bits per heavy atom. The standard InChI is InChI=1S/C17H23N3/c1-3-14-11-16(4-2)20(19-14)17-9-5-13(6-10-17)12-18-15-7-8-15/h5-6,9-11,15,18H,3-4,7-8,12H2,1-2H3. The summed E-state index contributed by atoms with van der Waals surface area (Å²) >= 11 is 0. The van der Waals surface area contributed by atoms with Crippen molar-refractivity contribution in [3.8, 4) is 5.69 Å². The summed E-state index contributed by atoms with van der Waals surface area (Å²) in [4.78, 5) is 0. The van der Waals surface area contributed by atoms with E-state index in [0.29, 0.717) is 0 Å². The van der Waals surface area contributed by atoms with Crippen molar-refractivity contribution in [1.82, 2.24) is 15.1 Å². The van der Waals surface area contributed by atoms with Gasteiger partial charge in [0.05, 0.1) is 11.4 Å². The molecule has 2 aromatic rings. The maximum atomic E-state index is 4.68. The Hall–Kier alpha value is -1.61. The van der Waals surface area contributed by atoms with Crippen LogP contribution in [0.15, 0.2) is 30.3 Å². The molecule has 1 aromatic carbocycles. The van der Waals surface area contributed by atoms with Gasteiger partial charge in [-0.1, -0.05) is 26.0 Å². The topological polar surface area (TPSA) is 29.9 Å². The van der Waals surface area contributed by atoms with Crippen LogP contribution in [0.25, 0.3) is 5.69 Å². The molecule has 0 bridgehead atoms. The molecule has 0 unspecified atom stereocenters. The van der Waals surface area contributed by atoms with Crippen LogP contribution in [0, 0.1) is 0 Å². The van der Waals surface area contributed by atoms with E-state index in [9.17, 15) is 0 Å². The van der Waals surface area contributed by atoms with Gasteiger partial charge in [-0.2, -0.15) is 5.10 Å². The van der Waals surface area contributed by atoms with Gasteiger partial charge in [-0.05, 0) is 49.4 Å². The van der Waals surface area contributed by atoms with E-state index in [1.807, 2.05) is 0 Å². The quantitative estimate of drug-likeness (QED) is 0.872. The minimum absolute atomic E-state index is 0.764. The Balaban J connectivity index is 1.77. The smallest absolute Gasteiger partial charge is 0.0649 e. The van der Waals surface area contributed by atoms with Crippen LogP contribution in [0.3, 0.4) is 0 Å². The molecule has 1 aromatic heterocycles. The lowest BCUT2D eigenvalue weighted by Crippen LogP contribution is -2.15. The summed E-state index contributed by atoms with van der Waals surface area (Å²) in [5.41, 5.74) is 4.96. The lowest BCUT2D eigenvalue weighted by molar-refractivity contribution is 0.687. The van der Waals surface area contributed by atoms with Crippen LogP contribution < -0.4 is 5.32 Å². The number of nitrogens with zero attached hydrogens (tertiary/aromatic N) is 2. The molecule has 0 atom stereocenters. The molecule has 1 aliphatic carbocycles. The first-order valence-corrected chi connectivity index (χ1v) is 7.70. The van der Waals surface area contributed by atoms with E-state index in [-0.39, 0.29) is 0 Å². The molecular formula is C17H23N3. The molecule has 1 N–H and O–H groups in total. The van der Waals surface area contributed by atoms with E-state index < -0.39 is 0 Å². The van der Waals surface area contributed by atoms with Crippen molar-refractivity contribution in [2.24, 2.45) is 0 Å². The third kappa shape index (κ3) is 2.93. The Morgan fingerprint density at radius 3 is 2.50 bits per heavy atom. The first-order valence-electron chi connectivity index (χ1n) is 7.70. The lowest BCUT2D eigenvalue weighted by Gasteiger charge is -2.08. The monoisotopic (exact) mass is 269 g/mol. The van der Waals surface area contributed by atoms with Crippen molar-refractivity contribution in [2.75, 3.05) is 0 Å². The van der Waals surface area contributed by atoms with Crippen molar-refractivity contribution in [1.29, 1.82) is 0 Å². The number of nitrogens with one attached hydrogen (secondary N) is 1. The van der Waals surface area contributed by atoms with Gasteiger partial charge in [0.15, 0.2) is 0 Å². The van der Waals surface area contributed by atoms with Gasteiger partial charge in [0.2, 0.25) is 0 Å². The van der Waals surface area contributed by atoms with Crippen molar-refractivity contribution < 1.29 is 0 Å². The lowest BCUT2D eigenvalue weighted by atomic mass is 10.2. The Bertz CT molecular complexity index is 564. The third-order valence-electron chi connectivity index (χ3n) is 3.91. The SMILES string of the molecule is CCc1cc(CC)n(-c2ccc(CNC3CC3)cc2)n1. The van der Waals surface area contributed by atoms with E-state index in [1.54, 1.807) is 0 Å². The van der Waals surface area contributed by atoms with Crippen LogP contribution in [0.5, 0.6) is 0 Å². The van der Waals surface area contributed by atoms with Gasteiger partial charge < -0.3 is 5.32 Å². The maximum absolute atomic E-state index is 4.68. The largest absolute Gasteiger partial charge is 0.310 e. The van der Waals surface area contributed by atoms with E-state index in [0.717, 1.165) is 31.1 Å². The van der Waals surface area contributed by atoms with Crippen LogP contribution in [0.1, 0.15) is 43.6 Å². The van der Waals surface area contributed by atoms with Gasteiger partial charge in [0.1, 0.15) is 0 Å². The van der Waals surface area contributed by atoms with E-state index >= 15 is 0 Å². The molecule has 1 aliphatic rings. The van der Waals surface area contributed by atoms with Crippen molar-refractivity contribution >= 4 is 0 Å². The number of aromatic nitrogens is 2. The third-order valence-corrected chi connectivity index (χ3v) is 3.91. The van der Waals surface area contributed by atoms with Crippen molar-refractivity contribution in [2.45, 2.75) is 52.1 Å². The van der Waals surface area contributed by atoms with Gasteiger partial charge in [0, 0.05) is 18.3 Å². The Kier molecular flexibility index (Phi) is 3.88. The fourth-order valence-corrected chi connectivity index (χ4v) is 2.43. The molecule has 1 saturated carbocycles. The first-order chi connectivity index (χ1) is 9.80. The summed E-state index contributed by atoms with van der Waals surface area (Å²) in [6.45, 7) is 5.31. The van der Waals surface area contributed by atoms with Gasteiger partial charge in [-0.3, -0.25) is 0 Å². The average molecular weight is 269 g/mol. The first kappa shape index (κ1) is 13.4. The van der Waals surface area contributed by atoms with Gasteiger partial charge in [0.25, 0.3) is 0 Å². The molecule has 0 aliphatic heterocycles. The summed E-state index contributed by atoms with van der Waals surface area (Å²) in [6.07, 6.45) is 4.68. The molecule has 0 amide bonds. The summed E-state index contributed by atoms with van der Waals surface area (Å²) in [5, 5.41) is 8.23. The fraction of sp³-hybridized carbons (Fsp3) is 0.471. The molecule has 1 heterocycles. The molecule has 0 saturated heterocycles. The Morgan fingerprint density at radius 1 is 1.15 bits per heavy atom. The predicted molar refractivity (Wildman–Crippen MR) is 82.2 cm³/mol. The molecule has 3 nitrogen and oxygen atoms in total. The molecule has 3 heteroatoms. The maximum Gasteiger partial charge on any atom is 0.0649 e. The fourth-order valence-electron chi connectivity index (χ4n) is 2.43. The van der Waals surface area contributed by atoms with Crippen molar-refractivity contribution in [3.05, 3.63) is 47.3 Å². The Labute approximate surface area is 121 Å². The zero-order valence-electron chi connectivity index (χ0n) is 12.4. The minimum atomic E-state index is 0.764. The van der Waals surface area contributed by atoms with Gasteiger partial charge in [-0.15, -0.1) is 0 Å². The van der Waals surface area contributed by atoms with E-state index in [2.05, 4.69) is 59.3 Å².